The van der Waals surface area contributed by atoms with Crippen LogP contribution >= 0.6 is 0 Å². The number of rotatable bonds is 5. The molecule has 1 aromatic carbocycles. The molecule has 132 valence electrons. The molecule has 3 rings (SSSR count). The largest absolute Gasteiger partial charge is 0.340 e. The van der Waals surface area contributed by atoms with E-state index < -0.39 is 0 Å². The molecule has 2 aromatic heterocycles. The molecule has 2 N–H and O–H groups in total. The summed E-state index contributed by atoms with van der Waals surface area (Å²) < 4.78 is 1.95. The van der Waals surface area contributed by atoms with Gasteiger partial charge < -0.3 is 19.8 Å². The Bertz CT molecular complexity index is 880. The van der Waals surface area contributed by atoms with Gasteiger partial charge in [0.1, 0.15) is 12.2 Å². The van der Waals surface area contributed by atoms with Crippen molar-refractivity contribution in [2.75, 3.05) is 7.05 Å². The van der Waals surface area contributed by atoms with Gasteiger partial charge in [-0.3, -0.25) is 0 Å². The minimum absolute atomic E-state index is 0.185. The van der Waals surface area contributed by atoms with Gasteiger partial charge in [-0.05, 0) is 38.5 Å². The lowest BCUT2D eigenvalue weighted by molar-refractivity contribution is 0.204. The Balaban J connectivity index is 1.60. The molecular formula is C17H23N7O. The number of nitrogens with zero attached hydrogens (tertiary/aromatic N) is 5. The highest BCUT2D eigenvalue weighted by atomic mass is 16.2. The van der Waals surface area contributed by atoms with E-state index in [1.165, 1.54) is 5.56 Å². The van der Waals surface area contributed by atoms with Gasteiger partial charge >= 0.3 is 6.03 Å². The number of aryl methyl sites for hydroxylation is 1. The number of hydrogen-bond donors (Lipinski definition) is 2. The van der Waals surface area contributed by atoms with Crippen LogP contribution in [0, 0.1) is 6.92 Å². The quantitative estimate of drug-likeness (QED) is 0.745. The number of carbonyl (C=O) groups is 1. The number of nitrogens with one attached hydrogen (secondary N) is 2. The molecule has 0 unspecified atom stereocenters. The third kappa shape index (κ3) is 3.78. The van der Waals surface area contributed by atoms with E-state index in [2.05, 4.69) is 39.3 Å². The molecule has 25 heavy (non-hydrogen) atoms. The first-order chi connectivity index (χ1) is 11.9. The zero-order chi connectivity index (χ0) is 18.0. The van der Waals surface area contributed by atoms with Gasteiger partial charge in [0.05, 0.1) is 24.1 Å². The first kappa shape index (κ1) is 16.9. The second-order valence-corrected chi connectivity index (χ2v) is 6.47. The Labute approximate surface area is 146 Å². The fourth-order valence-electron chi connectivity index (χ4n) is 2.65. The maximum atomic E-state index is 12.3. The molecule has 0 saturated heterocycles. The van der Waals surface area contributed by atoms with Crippen molar-refractivity contribution in [3.05, 3.63) is 41.7 Å². The molecule has 0 aliphatic rings. The number of urea groups is 1. The summed E-state index contributed by atoms with van der Waals surface area (Å²) in [5, 5.41) is 10.9. The van der Waals surface area contributed by atoms with Crippen LogP contribution in [0.15, 0.2) is 24.5 Å². The van der Waals surface area contributed by atoms with Crippen molar-refractivity contribution >= 4 is 17.1 Å². The summed E-state index contributed by atoms with van der Waals surface area (Å²) in [7, 11) is 1.73. The predicted molar refractivity (Wildman–Crippen MR) is 94.9 cm³/mol. The van der Waals surface area contributed by atoms with Crippen LogP contribution in [0.3, 0.4) is 0 Å². The Morgan fingerprint density at radius 2 is 2.20 bits per heavy atom. The lowest BCUT2D eigenvalue weighted by Crippen LogP contribution is -2.37. The van der Waals surface area contributed by atoms with E-state index in [1.54, 1.807) is 18.3 Å². The van der Waals surface area contributed by atoms with Gasteiger partial charge in [-0.15, -0.1) is 10.2 Å². The van der Waals surface area contributed by atoms with Crippen LogP contribution in [0.1, 0.15) is 37.1 Å². The Morgan fingerprint density at radius 1 is 1.40 bits per heavy atom. The summed E-state index contributed by atoms with van der Waals surface area (Å²) >= 11 is 0. The maximum absolute atomic E-state index is 12.3. The minimum Gasteiger partial charge on any atom is -0.340 e. The summed E-state index contributed by atoms with van der Waals surface area (Å²) in [5.74, 6) is 1.49. The molecule has 2 heterocycles. The van der Waals surface area contributed by atoms with Crippen molar-refractivity contribution in [1.82, 2.24) is 34.9 Å². The third-order valence-electron chi connectivity index (χ3n) is 4.02. The molecule has 0 aliphatic carbocycles. The lowest BCUT2D eigenvalue weighted by Gasteiger charge is -2.18. The number of fused-ring (bicyclic) bond motifs is 1. The number of aromatic nitrogens is 5. The predicted octanol–water partition coefficient (Wildman–Crippen LogP) is 2.39. The highest BCUT2D eigenvalue weighted by Gasteiger charge is 2.14. The summed E-state index contributed by atoms with van der Waals surface area (Å²) in [4.78, 5) is 21.6. The zero-order valence-corrected chi connectivity index (χ0v) is 14.9. The number of benzene rings is 1. The Hall–Kier alpha value is -2.90. The van der Waals surface area contributed by atoms with Crippen molar-refractivity contribution in [2.24, 2.45) is 0 Å². The number of H-pyrrole nitrogens is 1. The molecule has 0 atom stereocenters. The van der Waals surface area contributed by atoms with Gasteiger partial charge in [-0.2, -0.15) is 0 Å². The first-order valence-electron chi connectivity index (χ1n) is 8.26. The number of amides is 2. The van der Waals surface area contributed by atoms with Crippen LogP contribution in [0.25, 0.3) is 11.0 Å². The second-order valence-electron chi connectivity index (χ2n) is 6.47. The molecule has 0 aliphatic heterocycles. The normalized spacial score (nSPS) is 11.2. The number of imidazole rings is 1. The van der Waals surface area contributed by atoms with E-state index in [0.717, 1.165) is 22.7 Å². The van der Waals surface area contributed by atoms with Crippen molar-refractivity contribution < 1.29 is 4.79 Å². The highest BCUT2D eigenvalue weighted by molar-refractivity contribution is 5.76. The third-order valence-corrected chi connectivity index (χ3v) is 4.02. The van der Waals surface area contributed by atoms with E-state index in [-0.39, 0.29) is 12.1 Å². The number of carbonyl (C=O) groups excluding carboxylic acids is 1. The maximum Gasteiger partial charge on any atom is 0.317 e. The van der Waals surface area contributed by atoms with Gasteiger partial charge in [0.15, 0.2) is 5.82 Å². The van der Waals surface area contributed by atoms with Gasteiger partial charge in [0, 0.05) is 13.1 Å². The van der Waals surface area contributed by atoms with Gasteiger partial charge in [-0.1, -0.05) is 6.07 Å². The molecular weight excluding hydrogens is 318 g/mol. The van der Waals surface area contributed by atoms with Crippen molar-refractivity contribution in [3.63, 3.8) is 0 Å². The summed E-state index contributed by atoms with van der Waals surface area (Å²) in [6, 6.07) is 6.09. The molecule has 8 heteroatoms. The number of aromatic amines is 1. The first-order valence-corrected chi connectivity index (χ1v) is 8.26. The summed E-state index contributed by atoms with van der Waals surface area (Å²) in [6.07, 6.45) is 1.68. The standard InChI is InChI=1S/C17H23N7O/c1-11(2)24-10-19-22-16(24)9-23(4)17(25)18-8-15-20-13-6-5-12(3)7-14(13)21-15/h5-7,10-11H,8-9H2,1-4H3,(H,18,25)(H,20,21). The van der Waals surface area contributed by atoms with Crippen LogP contribution < -0.4 is 5.32 Å². The van der Waals surface area contributed by atoms with Crippen LogP contribution in [-0.4, -0.2) is 42.7 Å². The van der Waals surface area contributed by atoms with Gasteiger partial charge in [-0.25, -0.2) is 9.78 Å². The van der Waals surface area contributed by atoms with E-state index in [0.29, 0.717) is 13.1 Å². The molecule has 0 fully saturated rings. The second kappa shape index (κ2) is 6.92. The smallest absolute Gasteiger partial charge is 0.317 e. The Morgan fingerprint density at radius 3 is 2.96 bits per heavy atom. The van der Waals surface area contributed by atoms with E-state index in [1.807, 2.05) is 29.7 Å². The number of hydrogen-bond acceptors (Lipinski definition) is 4. The van der Waals surface area contributed by atoms with Crippen LogP contribution in [0.5, 0.6) is 0 Å². The van der Waals surface area contributed by atoms with Crippen LogP contribution in [0.2, 0.25) is 0 Å². The van der Waals surface area contributed by atoms with E-state index >= 15 is 0 Å². The topological polar surface area (TPSA) is 91.7 Å². The molecule has 0 bridgehead atoms. The van der Waals surface area contributed by atoms with Crippen LogP contribution in [-0.2, 0) is 13.1 Å². The van der Waals surface area contributed by atoms with Crippen molar-refractivity contribution in [1.29, 1.82) is 0 Å². The average Bonchev–Trinajstić information content (AvgIpc) is 3.18. The molecule has 3 aromatic rings. The van der Waals surface area contributed by atoms with E-state index in [9.17, 15) is 4.79 Å². The molecule has 0 radical (unpaired) electrons. The average molecular weight is 341 g/mol. The summed E-state index contributed by atoms with van der Waals surface area (Å²) in [5.41, 5.74) is 3.04. The highest BCUT2D eigenvalue weighted by Crippen LogP contribution is 2.13. The van der Waals surface area contributed by atoms with Crippen molar-refractivity contribution in [3.8, 4) is 0 Å². The Kier molecular flexibility index (Phi) is 4.69. The fraction of sp³-hybridized carbons (Fsp3) is 0.412. The molecule has 8 nitrogen and oxygen atoms in total. The monoisotopic (exact) mass is 341 g/mol. The SMILES string of the molecule is Cc1ccc2nc(CNC(=O)N(C)Cc3nncn3C(C)C)[nH]c2c1. The molecule has 2 amide bonds. The van der Waals surface area contributed by atoms with E-state index in [4.69, 9.17) is 0 Å². The molecule has 0 spiro atoms. The zero-order valence-electron chi connectivity index (χ0n) is 14.9. The lowest BCUT2D eigenvalue weighted by atomic mass is 10.2. The summed E-state index contributed by atoms with van der Waals surface area (Å²) in [6.45, 7) is 6.87. The van der Waals surface area contributed by atoms with Gasteiger partial charge in [0.2, 0.25) is 0 Å². The van der Waals surface area contributed by atoms with Gasteiger partial charge in [0.25, 0.3) is 0 Å². The minimum atomic E-state index is -0.185. The van der Waals surface area contributed by atoms with Crippen molar-refractivity contribution in [2.45, 2.75) is 39.9 Å². The molecule has 0 saturated carbocycles. The van der Waals surface area contributed by atoms with Crippen LogP contribution in [0.4, 0.5) is 4.79 Å². The fourth-order valence-corrected chi connectivity index (χ4v) is 2.65.